The fourth-order valence-corrected chi connectivity index (χ4v) is 1.10. The molecule has 1 aromatic heterocycles. The van der Waals surface area contributed by atoms with Crippen LogP contribution in [0.2, 0.25) is 5.02 Å². The van der Waals surface area contributed by atoms with Crippen molar-refractivity contribution in [3.05, 3.63) is 11.2 Å². The van der Waals surface area contributed by atoms with Gasteiger partial charge in [0.15, 0.2) is 0 Å². The van der Waals surface area contributed by atoms with Crippen molar-refractivity contribution < 1.29 is 4.74 Å². The van der Waals surface area contributed by atoms with Crippen LogP contribution in [0.15, 0.2) is 6.20 Å². The molecule has 1 heterocycles. The van der Waals surface area contributed by atoms with Crippen LogP contribution in [0.3, 0.4) is 0 Å². The fourth-order valence-electron chi connectivity index (χ4n) is 0.889. The van der Waals surface area contributed by atoms with Crippen LogP contribution < -0.4 is 4.74 Å². The van der Waals surface area contributed by atoms with Crippen LogP contribution >= 0.6 is 11.6 Å². The topological polar surface area (TPSA) is 27.1 Å². The number of halogens is 1. The van der Waals surface area contributed by atoms with Gasteiger partial charge in [0.2, 0.25) is 5.88 Å². The minimum Gasteiger partial charge on any atom is -0.480 e. The molecule has 1 rings (SSSR count). The molecule has 0 unspecified atom stereocenters. The molecule has 0 aromatic carbocycles. The first-order chi connectivity index (χ1) is 5.16. The van der Waals surface area contributed by atoms with Gasteiger partial charge < -0.3 is 4.74 Å². The highest BCUT2D eigenvalue weighted by Crippen LogP contribution is 2.25. The summed E-state index contributed by atoms with van der Waals surface area (Å²) in [5.41, 5.74) is 0. The van der Waals surface area contributed by atoms with Gasteiger partial charge in [0, 0.05) is 0 Å². The Morgan fingerprint density at radius 1 is 1.64 bits per heavy atom. The van der Waals surface area contributed by atoms with E-state index in [2.05, 4.69) is 5.10 Å². The number of hydrogen-bond acceptors (Lipinski definition) is 2. The molecular formula is C7H11ClN2O. The van der Waals surface area contributed by atoms with Crippen molar-refractivity contribution in [3.63, 3.8) is 0 Å². The average Bonchev–Trinajstić information content (AvgIpc) is 2.30. The molecule has 0 saturated heterocycles. The van der Waals surface area contributed by atoms with Crippen LogP contribution in [0.1, 0.15) is 19.9 Å². The third-order valence-electron chi connectivity index (χ3n) is 1.39. The van der Waals surface area contributed by atoms with Crippen LogP contribution in [-0.4, -0.2) is 16.9 Å². The first kappa shape index (κ1) is 8.40. The molecule has 4 heteroatoms. The number of methoxy groups -OCH3 is 1. The van der Waals surface area contributed by atoms with E-state index in [1.54, 1.807) is 18.0 Å². The van der Waals surface area contributed by atoms with Gasteiger partial charge in [0.05, 0.1) is 19.3 Å². The molecule has 0 aliphatic rings. The van der Waals surface area contributed by atoms with E-state index in [1.807, 2.05) is 13.8 Å². The van der Waals surface area contributed by atoms with Gasteiger partial charge in [-0.2, -0.15) is 5.10 Å². The molecule has 0 N–H and O–H groups in total. The lowest BCUT2D eigenvalue weighted by molar-refractivity contribution is 0.345. The summed E-state index contributed by atoms with van der Waals surface area (Å²) in [7, 11) is 1.59. The summed E-state index contributed by atoms with van der Waals surface area (Å²) < 4.78 is 6.78. The number of nitrogens with zero attached hydrogens (tertiary/aromatic N) is 2. The van der Waals surface area contributed by atoms with E-state index in [-0.39, 0.29) is 6.04 Å². The van der Waals surface area contributed by atoms with Gasteiger partial charge in [-0.15, -0.1) is 0 Å². The van der Waals surface area contributed by atoms with Gasteiger partial charge in [-0.25, -0.2) is 4.68 Å². The molecule has 0 spiro atoms. The molecule has 11 heavy (non-hydrogen) atoms. The highest BCUT2D eigenvalue weighted by atomic mass is 35.5. The summed E-state index contributed by atoms with van der Waals surface area (Å²) in [6, 6.07) is 0.275. The Morgan fingerprint density at radius 2 is 2.27 bits per heavy atom. The number of rotatable bonds is 2. The van der Waals surface area contributed by atoms with Crippen LogP contribution in [0.5, 0.6) is 5.88 Å². The second kappa shape index (κ2) is 3.13. The quantitative estimate of drug-likeness (QED) is 0.687. The molecule has 1 aromatic rings. The second-order valence-corrected chi connectivity index (χ2v) is 2.95. The highest BCUT2D eigenvalue weighted by Gasteiger charge is 2.10. The first-order valence-electron chi connectivity index (χ1n) is 3.43. The van der Waals surface area contributed by atoms with Crippen molar-refractivity contribution in [2.45, 2.75) is 19.9 Å². The standard InChI is InChI=1S/C7H11ClN2O/c1-5(2)10-7(11-3)6(8)4-9-10/h4-5H,1-3H3. The lowest BCUT2D eigenvalue weighted by atomic mass is 10.4. The van der Waals surface area contributed by atoms with Crippen LogP contribution in [-0.2, 0) is 0 Å². The Balaban J connectivity index is 3.05. The molecule has 0 aliphatic carbocycles. The molecule has 3 nitrogen and oxygen atoms in total. The minimum absolute atomic E-state index is 0.275. The lowest BCUT2D eigenvalue weighted by Crippen LogP contribution is -2.04. The first-order valence-corrected chi connectivity index (χ1v) is 3.81. The molecule has 0 amide bonds. The maximum Gasteiger partial charge on any atom is 0.231 e. The highest BCUT2D eigenvalue weighted by molar-refractivity contribution is 6.31. The molecule has 0 fully saturated rings. The summed E-state index contributed by atoms with van der Waals surface area (Å²) in [4.78, 5) is 0. The average molecular weight is 175 g/mol. The number of hydrogen-bond donors (Lipinski definition) is 0. The zero-order chi connectivity index (χ0) is 8.43. The van der Waals surface area contributed by atoms with Crippen molar-refractivity contribution in [1.29, 1.82) is 0 Å². The third kappa shape index (κ3) is 1.48. The third-order valence-corrected chi connectivity index (χ3v) is 1.65. The SMILES string of the molecule is COc1c(Cl)cnn1C(C)C. The summed E-state index contributed by atoms with van der Waals surface area (Å²) in [5.74, 6) is 0.627. The predicted octanol–water partition coefficient (Wildman–Crippen LogP) is 2.13. The Bertz CT molecular complexity index is 245. The largest absolute Gasteiger partial charge is 0.480 e. The molecule has 62 valence electrons. The number of ether oxygens (including phenoxy) is 1. The summed E-state index contributed by atoms with van der Waals surface area (Å²) >= 11 is 5.78. The molecular weight excluding hydrogens is 164 g/mol. The zero-order valence-corrected chi connectivity index (χ0v) is 7.59. The van der Waals surface area contributed by atoms with E-state index < -0.39 is 0 Å². The summed E-state index contributed by atoms with van der Waals surface area (Å²) in [5, 5.41) is 4.60. The summed E-state index contributed by atoms with van der Waals surface area (Å²) in [6.45, 7) is 4.04. The van der Waals surface area contributed by atoms with Crippen molar-refractivity contribution in [2.24, 2.45) is 0 Å². The Kier molecular flexibility index (Phi) is 2.39. The predicted molar refractivity (Wildman–Crippen MR) is 44.2 cm³/mol. The fraction of sp³-hybridized carbons (Fsp3) is 0.571. The maximum atomic E-state index is 5.78. The molecule has 0 saturated carbocycles. The van der Waals surface area contributed by atoms with Gasteiger partial charge >= 0.3 is 0 Å². The van der Waals surface area contributed by atoms with Gasteiger partial charge in [-0.3, -0.25) is 0 Å². The van der Waals surface area contributed by atoms with Crippen LogP contribution in [0, 0.1) is 0 Å². The maximum absolute atomic E-state index is 5.78. The van der Waals surface area contributed by atoms with E-state index in [4.69, 9.17) is 16.3 Å². The van der Waals surface area contributed by atoms with E-state index >= 15 is 0 Å². The van der Waals surface area contributed by atoms with Crippen LogP contribution in [0.4, 0.5) is 0 Å². The zero-order valence-electron chi connectivity index (χ0n) is 6.84. The Hall–Kier alpha value is -0.700. The molecule has 0 bridgehead atoms. The second-order valence-electron chi connectivity index (χ2n) is 2.54. The van der Waals surface area contributed by atoms with Crippen molar-refractivity contribution in [1.82, 2.24) is 9.78 Å². The Labute approximate surface area is 70.9 Å². The molecule has 0 atom stereocenters. The van der Waals surface area contributed by atoms with E-state index in [1.165, 1.54) is 0 Å². The van der Waals surface area contributed by atoms with Gasteiger partial charge in [-0.05, 0) is 13.8 Å². The number of aromatic nitrogens is 2. The van der Waals surface area contributed by atoms with Crippen molar-refractivity contribution in [2.75, 3.05) is 7.11 Å². The van der Waals surface area contributed by atoms with E-state index in [0.29, 0.717) is 10.9 Å². The van der Waals surface area contributed by atoms with E-state index in [9.17, 15) is 0 Å². The van der Waals surface area contributed by atoms with Gasteiger partial charge in [0.1, 0.15) is 5.02 Å². The minimum atomic E-state index is 0.275. The normalized spacial score (nSPS) is 10.6. The van der Waals surface area contributed by atoms with Crippen LogP contribution in [0.25, 0.3) is 0 Å². The van der Waals surface area contributed by atoms with Gasteiger partial charge in [0.25, 0.3) is 0 Å². The lowest BCUT2D eigenvalue weighted by Gasteiger charge is -2.08. The van der Waals surface area contributed by atoms with Crippen molar-refractivity contribution in [3.8, 4) is 5.88 Å². The summed E-state index contributed by atoms with van der Waals surface area (Å²) in [6.07, 6.45) is 1.58. The van der Waals surface area contributed by atoms with Gasteiger partial charge in [-0.1, -0.05) is 11.6 Å². The molecule has 0 aliphatic heterocycles. The van der Waals surface area contributed by atoms with Crippen molar-refractivity contribution >= 4 is 11.6 Å². The molecule has 0 radical (unpaired) electrons. The monoisotopic (exact) mass is 174 g/mol. The Morgan fingerprint density at radius 3 is 2.64 bits per heavy atom. The van der Waals surface area contributed by atoms with E-state index in [0.717, 1.165) is 0 Å². The smallest absolute Gasteiger partial charge is 0.231 e.